The summed E-state index contributed by atoms with van der Waals surface area (Å²) in [5.74, 6) is 0. The summed E-state index contributed by atoms with van der Waals surface area (Å²) in [7, 11) is 0. The molecule has 3 heteroatoms. The predicted molar refractivity (Wildman–Crippen MR) is 38.8 cm³/mol. The van der Waals surface area contributed by atoms with Crippen LogP contribution < -0.4 is 5.73 Å². The third-order valence-corrected chi connectivity index (χ3v) is 1.61. The molecule has 0 atom stereocenters. The molecule has 1 aliphatic heterocycles. The van der Waals surface area contributed by atoms with Gasteiger partial charge in [-0.3, -0.25) is 0 Å². The van der Waals surface area contributed by atoms with Gasteiger partial charge in [0.15, 0.2) is 0 Å². The molecule has 0 aromatic heterocycles. The van der Waals surface area contributed by atoms with E-state index >= 15 is 0 Å². The zero-order chi connectivity index (χ0) is 7.45. The van der Waals surface area contributed by atoms with Crippen LogP contribution in [0.4, 0.5) is 0 Å². The van der Waals surface area contributed by atoms with E-state index in [1.807, 2.05) is 0 Å². The summed E-state index contributed by atoms with van der Waals surface area (Å²) < 4.78 is 10.3. The van der Waals surface area contributed by atoms with Crippen molar-refractivity contribution in [1.29, 1.82) is 0 Å². The van der Waals surface area contributed by atoms with E-state index in [-0.39, 0.29) is 5.41 Å². The summed E-state index contributed by atoms with van der Waals surface area (Å²) in [5, 5.41) is 0. The van der Waals surface area contributed by atoms with E-state index in [9.17, 15) is 0 Å². The summed E-state index contributed by atoms with van der Waals surface area (Å²) in [6.45, 7) is 5.87. The fourth-order valence-electron chi connectivity index (χ4n) is 0.936. The Kier molecular flexibility index (Phi) is 2.65. The molecule has 1 saturated heterocycles. The van der Waals surface area contributed by atoms with Crippen LogP contribution in [-0.2, 0) is 9.47 Å². The van der Waals surface area contributed by atoms with E-state index in [0.29, 0.717) is 13.2 Å². The lowest BCUT2D eigenvalue weighted by molar-refractivity contribution is -0.137. The fraction of sp³-hybridized carbons (Fsp3) is 1.00. The number of ether oxygens (including phenoxy) is 2. The Labute approximate surface area is 61.5 Å². The molecule has 0 bridgehead atoms. The molecule has 1 heterocycles. The Hall–Kier alpha value is -0.120. The van der Waals surface area contributed by atoms with Crippen molar-refractivity contribution in [3.63, 3.8) is 0 Å². The van der Waals surface area contributed by atoms with Gasteiger partial charge in [0.05, 0.1) is 26.4 Å². The van der Waals surface area contributed by atoms with Crippen LogP contribution in [0.1, 0.15) is 6.92 Å². The van der Waals surface area contributed by atoms with Crippen molar-refractivity contribution in [1.82, 2.24) is 0 Å². The minimum Gasteiger partial charge on any atom is -0.380 e. The molecule has 1 fully saturated rings. The van der Waals surface area contributed by atoms with Crippen molar-refractivity contribution in [2.45, 2.75) is 6.92 Å². The van der Waals surface area contributed by atoms with Gasteiger partial charge in [-0.05, 0) is 0 Å². The van der Waals surface area contributed by atoms with Gasteiger partial charge in [0, 0.05) is 12.0 Å². The number of rotatable bonds is 4. The highest BCUT2D eigenvalue weighted by Gasteiger charge is 2.33. The Morgan fingerprint density at radius 1 is 1.60 bits per heavy atom. The van der Waals surface area contributed by atoms with Gasteiger partial charge in [-0.2, -0.15) is 0 Å². The second-order valence-electron chi connectivity index (χ2n) is 3.14. The van der Waals surface area contributed by atoms with Crippen LogP contribution in [0, 0.1) is 5.41 Å². The lowest BCUT2D eigenvalue weighted by Crippen LogP contribution is -2.43. The highest BCUT2D eigenvalue weighted by molar-refractivity contribution is 4.79. The van der Waals surface area contributed by atoms with E-state index in [2.05, 4.69) is 6.92 Å². The minimum absolute atomic E-state index is 0.273. The Morgan fingerprint density at radius 3 is 2.70 bits per heavy atom. The summed E-state index contributed by atoms with van der Waals surface area (Å²) >= 11 is 0. The maximum atomic E-state index is 5.28. The van der Waals surface area contributed by atoms with Crippen LogP contribution in [0.25, 0.3) is 0 Å². The first-order chi connectivity index (χ1) is 4.77. The molecule has 0 amide bonds. The molecule has 0 aromatic rings. The maximum Gasteiger partial charge on any atom is 0.0589 e. The Morgan fingerprint density at radius 2 is 2.30 bits per heavy atom. The van der Waals surface area contributed by atoms with E-state index in [1.54, 1.807) is 0 Å². The van der Waals surface area contributed by atoms with Crippen LogP contribution in [0.5, 0.6) is 0 Å². The summed E-state index contributed by atoms with van der Waals surface area (Å²) in [6.07, 6.45) is 0. The Balaban J connectivity index is 2.01. The smallest absolute Gasteiger partial charge is 0.0589 e. The van der Waals surface area contributed by atoms with Gasteiger partial charge >= 0.3 is 0 Å². The molecule has 2 N–H and O–H groups in total. The molecule has 0 unspecified atom stereocenters. The number of nitrogens with two attached hydrogens (primary N) is 1. The number of hydrogen-bond donors (Lipinski definition) is 1. The summed E-state index contributed by atoms with van der Waals surface area (Å²) in [5.41, 5.74) is 5.53. The lowest BCUT2D eigenvalue weighted by atomic mass is 9.90. The molecular formula is C7H15NO2. The van der Waals surface area contributed by atoms with Crippen molar-refractivity contribution < 1.29 is 9.47 Å². The second-order valence-corrected chi connectivity index (χ2v) is 3.14. The molecule has 1 aliphatic rings. The predicted octanol–water partition coefficient (Wildman–Crippen LogP) is -0.00180. The van der Waals surface area contributed by atoms with E-state index in [0.717, 1.165) is 19.8 Å². The highest BCUT2D eigenvalue weighted by atomic mass is 16.5. The molecule has 0 spiro atoms. The van der Waals surface area contributed by atoms with E-state index < -0.39 is 0 Å². The van der Waals surface area contributed by atoms with Crippen LogP contribution in [-0.4, -0.2) is 33.0 Å². The molecule has 60 valence electrons. The van der Waals surface area contributed by atoms with Crippen molar-refractivity contribution in [3.05, 3.63) is 0 Å². The van der Waals surface area contributed by atoms with Crippen LogP contribution >= 0.6 is 0 Å². The highest BCUT2D eigenvalue weighted by Crippen LogP contribution is 2.26. The monoisotopic (exact) mass is 145 g/mol. The van der Waals surface area contributed by atoms with Gasteiger partial charge in [0.25, 0.3) is 0 Å². The summed E-state index contributed by atoms with van der Waals surface area (Å²) in [4.78, 5) is 0. The average molecular weight is 145 g/mol. The first-order valence-corrected chi connectivity index (χ1v) is 3.62. The Bertz CT molecular complexity index is 102. The topological polar surface area (TPSA) is 44.5 Å². The second kappa shape index (κ2) is 3.32. The van der Waals surface area contributed by atoms with E-state index in [4.69, 9.17) is 15.2 Å². The SMILES string of the molecule is CC1(COCCN)COC1. The van der Waals surface area contributed by atoms with Crippen LogP contribution in [0.2, 0.25) is 0 Å². The third kappa shape index (κ3) is 1.94. The first kappa shape index (κ1) is 7.98. The molecule has 0 aromatic carbocycles. The van der Waals surface area contributed by atoms with E-state index in [1.165, 1.54) is 0 Å². The van der Waals surface area contributed by atoms with Gasteiger partial charge in [-0.15, -0.1) is 0 Å². The average Bonchev–Trinajstić information content (AvgIpc) is 1.85. The molecular weight excluding hydrogens is 130 g/mol. The largest absolute Gasteiger partial charge is 0.380 e. The van der Waals surface area contributed by atoms with Gasteiger partial charge < -0.3 is 15.2 Å². The van der Waals surface area contributed by atoms with Gasteiger partial charge in [0.1, 0.15) is 0 Å². The quantitative estimate of drug-likeness (QED) is 0.566. The van der Waals surface area contributed by atoms with Gasteiger partial charge in [-0.25, -0.2) is 0 Å². The zero-order valence-corrected chi connectivity index (χ0v) is 6.43. The molecule has 0 saturated carbocycles. The molecule has 10 heavy (non-hydrogen) atoms. The molecule has 3 nitrogen and oxygen atoms in total. The van der Waals surface area contributed by atoms with Crippen LogP contribution in [0.3, 0.4) is 0 Å². The van der Waals surface area contributed by atoms with Gasteiger partial charge in [-0.1, -0.05) is 6.92 Å². The van der Waals surface area contributed by atoms with Crippen molar-refractivity contribution in [3.8, 4) is 0 Å². The standard InChI is InChI=1S/C7H15NO2/c1-7(5-10-6-7)4-9-3-2-8/h2-6,8H2,1H3. The molecule has 0 aliphatic carbocycles. The molecule has 1 rings (SSSR count). The first-order valence-electron chi connectivity index (χ1n) is 3.62. The van der Waals surface area contributed by atoms with Crippen molar-refractivity contribution >= 4 is 0 Å². The van der Waals surface area contributed by atoms with Gasteiger partial charge in [0.2, 0.25) is 0 Å². The zero-order valence-electron chi connectivity index (χ0n) is 6.43. The molecule has 0 radical (unpaired) electrons. The maximum absolute atomic E-state index is 5.28. The minimum atomic E-state index is 0.273. The summed E-state index contributed by atoms with van der Waals surface area (Å²) in [6, 6.07) is 0. The van der Waals surface area contributed by atoms with Crippen LogP contribution in [0.15, 0.2) is 0 Å². The van der Waals surface area contributed by atoms with Crippen molar-refractivity contribution in [2.75, 3.05) is 33.0 Å². The normalized spacial score (nSPS) is 22.2. The lowest BCUT2D eigenvalue weighted by Gasteiger charge is -2.37. The van der Waals surface area contributed by atoms with Crippen molar-refractivity contribution in [2.24, 2.45) is 11.1 Å². The third-order valence-electron chi connectivity index (χ3n) is 1.61. The number of hydrogen-bond acceptors (Lipinski definition) is 3. The fourth-order valence-corrected chi connectivity index (χ4v) is 0.936.